The number of carboxylic acid groups (broad SMARTS) is 2. The molecular weight excluding hydrogens is 192 g/mol. The number of carbonyl (C=O) groups is 1. The van der Waals surface area contributed by atoms with Gasteiger partial charge < -0.3 is 16.4 Å². The molecule has 0 spiro atoms. The number of hydrogen-bond acceptors (Lipinski definition) is 2. The van der Waals surface area contributed by atoms with Crippen LogP contribution >= 0.6 is 0 Å². The molecule has 42 valence electrons. The molecule has 0 radical (unpaired) electrons. The molecule has 0 aliphatic rings. The number of rotatable bonds is 0. The maximum atomic E-state index is 8.56. The molecule has 0 aliphatic heterocycles. The van der Waals surface area contributed by atoms with Gasteiger partial charge in [0.05, 0.1) is 0 Å². The molecule has 7 heavy (non-hydrogen) atoms. The molecule has 0 amide bonds. The van der Waals surface area contributed by atoms with Crippen LogP contribution in [0.15, 0.2) is 0 Å². The van der Waals surface area contributed by atoms with E-state index in [-0.39, 0.29) is 49.7 Å². The van der Waals surface area contributed by atoms with Crippen molar-refractivity contribution in [1.29, 1.82) is 0 Å². The van der Waals surface area contributed by atoms with E-state index in [9.17, 15) is 0 Å². The van der Waals surface area contributed by atoms with Crippen LogP contribution in [-0.2, 0) is 26.2 Å². The molecule has 5 N–H and O–H groups in total. The zero-order chi connectivity index (χ0) is 3.58. The van der Waals surface area contributed by atoms with Gasteiger partial charge in [-0.3, -0.25) is 0 Å². The van der Waals surface area contributed by atoms with Crippen LogP contribution in [-0.4, -0.2) is 33.7 Å². The normalized spacial score (nSPS) is 3.43. The Morgan fingerprint density at radius 2 is 1.29 bits per heavy atom. The second-order valence-corrected chi connectivity index (χ2v) is 0.283. The van der Waals surface area contributed by atoms with E-state index < -0.39 is 6.16 Å². The summed E-state index contributed by atoms with van der Waals surface area (Å²) >= 11 is 0. The van der Waals surface area contributed by atoms with Gasteiger partial charge in [-0.25, -0.2) is 4.79 Å². The van der Waals surface area contributed by atoms with E-state index in [0.29, 0.717) is 0 Å². The van der Waals surface area contributed by atoms with Gasteiger partial charge in [0.15, 0.2) is 17.4 Å². The Morgan fingerprint density at radius 1 is 1.29 bits per heavy atom. The third kappa shape index (κ3) is 344. The Balaban J connectivity index is -0.0000000150. The summed E-state index contributed by atoms with van der Waals surface area (Å²) in [5.41, 5.74) is 0. The minimum Gasteiger partial charge on any atom is -0.450 e. The smallest absolute Gasteiger partial charge is 0.450 e. The van der Waals surface area contributed by atoms with E-state index in [2.05, 4.69) is 0 Å². The van der Waals surface area contributed by atoms with Crippen LogP contribution in [0.2, 0.25) is 0 Å². The van der Waals surface area contributed by atoms with Crippen molar-refractivity contribution in [3.8, 4) is 0 Å². The summed E-state index contributed by atoms with van der Waals surface area (Å²) in [6.07, 6.45) is -1.83. The topological polar surface area (TPSA) is 92.5 Å². The molecule has 0 aromatic heterocycles. The second-order valence-electron chi connectivity index (χ2n) is 0.283. The monoisotopic (exact) mass is 199 g/mol. The quantitative estimate of drug-likeness (QED) is 0.446. The van der Waals surface area contributed by atoms with Gasteiger partial charge in [0.2, 0.25) is 0 Å². The SMILES string of the molecule is N.O=C(O)O.[AlH3].[Zr]. The Hall–Kier alpha value is 0.646. The average Bonchev–Trinajstić information content (AvgIpc) is 0.811. The van der Waals surface area contributed by atoms with Gasteiger partial charge >= 0.3 is 6.16 Å². The predicted molar refractivity (Wildman–Crippen MR) is 25.6 cm³/mol. The molecular formula is CH8AlNO3Zr. The zero-order valence-corrected chi connectivity index (χ0v) is 5.47. The van der Waals surface area contributed by atoms with Crippen molar-refractivity contribution in [3.05, 3.63) is 0 Å². The van der Waals surface area contributed by atoms with Gasteiger partial charge in [0, 0.05) is 26.2 Å². The molecule has 0 unspecified atom stereocenters. The van der Waals surface area contributed by atoms with Gasteiger partial charge in [-0.15, -0.1) is 0 Å². The Morgan fingerprint density at radius 3 is 1.29 bits per heavy atom. The summed E-state index contributed by atoms with van der Waals surface area (Å²) in [5.74, 6) is 0. The molecule has 0 saturated heterocycles. The van der Waals surface area contributed by atoms with Crippen molar-refractivity contribution < 1.29 is 41.2 Å². The minimum atomic E-state index is -1.83. The van der Waals surface area contributed by atoms with Crippen molar-refractivity contribution in [3.63, 3.8) is 0 Å². The van der Waals surface area contributed by atoms with Crippen molar-refractivity contribution in [1.82, 2.24) is 6.15 Å². The molecule has 0 aromatic rings. The summed E-state index contributed by atoms with van der Waals surface area (Å²) in [7, 11) is 0. The van der Waals surface area contributed by atoms with Crippen molar-refractivity contribution in [2.24, 2.45) is 0 Å². The first-order chi connectivity index (χ1) is 1.73. The molecule has 0 saturated carbocycles. The van der Waals surface area contributed by atoms with Gasteiger partial charge in [0.1, 0.15) is 0 Å². The van der Waals surface area contributed by atoms with Crippen molar-refractivity contribution in [2.45, 2.75) is 0 Å². The van der Waals surface area contributed by atoms with Crippen LogP contribution in [0.3, 0.4) is 0 Å². The van der Waals surface area contributed by atoms with Crippen LogP contribution in [0.5, 0.6) is 0 Å². The zero-order valence-electron chi connectivity index (χ0n) is 3.01. The maximum absolute atomic E-state index is 8.56. The molecule has 4 nitrogen and oxygen atoms in total. The first-order valence-electron chi connectivity index (χ1n) is 0.651. The molecule has 0 fully saturated rings. The summed E-state index contributed by atoms with van der Waals surface area (Å²) in [4.78, 5) is 8.56. The molecule has 0 atom stereocenters. The van der Waals surface area contributed by atoms with E-state index in [4.69, 9.17) is 15.0 Å². The van der Waals surface area contributed by atoms with Crippen molar-refractivity contribution in [2.75, 3.05) is 0 Å². The van der Waals surface area contributed by atoms with E-state index in [1.165, 1.54) is 0 Å². The molecule has 0 aromatic carbocycles. The third-order valence-corrected chi connectivity index (χ3v) is 0. The fourth-order valence-electron chi connectivity index (χ4n) is 0. The minimum absolute atomic E-state index is 0. The van der Waals surface area contributed by atoms with Gasteiger partial charge in [0.25, 0.3) is 0 Å². The van der Waals surface area contributed by atoms with Crippen LogP contribution in [0.1, 0.15) is 0 Å². The molecule has 6 heteroatoms. The fraction of sp³-hybridized carbons (Fsp3) is 0. The Labute approximate surface area is 70.7 Å². The summed E-state index contributed by atoms with van der Waals surface area (Å²) in [6, 6.07) is 0. The predicted octanol–water partition coefficient (Wildman–Crippen LogP) is -0.802. The Kier molecular flexibility index (Phi) is 57.8. The van der Waals surface area contributed by atoms with Crippen LogP contribution in [0.4, 0.5) is 4.79 Å². The first-order valence-corrected chi connectivity index (χ1v) is 0.651. The standard InChI is InChI=1S/CH2O3.Al.H3N.Zr.3H/c2-1(3)4;;;;;;/h(H2,2,3,4);;1H3;;;;. The van der Waals surface area contributed by atoms with Crippen LogP contribution in [0, 0.1) is 0 Å². The van der Waals surface area contributed by atoms with Gasteiger partial charge in [-0.1, -0.05) is 0 Å². The number of hydrogen-bond donors (Lipinski definition) is 3. The summed E-state index contributed by atoms with van der Waals surface area (Å²) < 4.78 is 0. The average molecular weight is 200 g/mol. The van der Waals surface area contributed by atoms with E-state index in [0.717, 1.165) is 0 Å². The largest absolute Gasteiger partial charge is 0.503 e. The molecule has 0 bridgehead atoms. The van der Waals surface area contributed by atoms with E-state index in [1.54, 1.807) is 0 Å². The van der Waals surface area contributed by atoms with E-state index >= 15 is 0 Å². The maximum Gasteiger partial charge on any atom is 0.503 e. The van der Waals surface area contributed by atoms with Gasteiger partial charge in [-0.2, -0.15) is 0 Å². The van der Waals surface area contributed by atoms with Gasteiger partial charge in [-0.05, 0) is 0 Å². The first kappa shape index (κ1) is 25.4. The molecule has 0 heterocycles. The molecule has 0 rings (SSSR count). The second kappa shape index (κ2) is 15.9. The van der Waals surface area contributed by atoms with Crippen LogP contribution in [0.25, 0.3) is 0 Å². The Bertz CT molecular complexity index is 37.9. The molecule has 0 aliphatic carbocycles. The van der Waals surface area contributed by atoms with Crippen molar-refractivity contribution >= 4 is 23.5 Å². The summed E-state index contributed by atoms with van der Waals surface area (Å²) in [6.45, 7) is 0. The third-order valence-electron chi connectivity index (χ3n) is 0. The fourth-order valence-corrected chi connectivity index (χ4v) is 0. The summed E-state index contributed by atoms with van der Waals surface area (Å²) in [5, 5.41) is 13.9. The van der Waals surface area contributed by atoms with E-state index in [1.807, 2.05) is 0 Å². The van der Waals surface area contributed by atoms with Crippen LogP contribution < -0.4 is 6.15 Å².